The van der Waals surface area contributed by atoms with Gasteiger partial charge in [-0.25, -0.2) is 0 Å². The number of nitrogens with one attached hydrogen (secondary N) is 1. The number of nitrogens with zero attached hydrogens (tertiary/aromatic N) is 1. The van der Waals surface area contributed by atoms with Crippen LogP contribution < -0.4 is 5.32 Å². The lowest BCUT2D eigenvalue weighted by Crippen LogP contribution is -2.28. The molecule has 1 unspecified atom stereocenters. The van der Waals surface area contributed by atoms with Crippen LogP contribution in [0.15, 0.2) is 24.3 Å². The molecular formula is C11H11ClN2O. The van der Waals surface area contributed by atoms with Crippen molar-refractivity contribution in [1.29, 1.82) is 5.26 Å². The smallest absolute Gasteiger partial charge is 0.251 e. The summed E-state index contributed by atoms with van der Waals surface area (Å²) in [5.41, 5.74) is 0.952. The Labute approximate surface area is 93.7 Å². The molecule has 78 valence electrons. The van der Waals surface area contributed by atoms with E-state index in [9.17, 15) is 4.79 Å². The van der Waals surface area contributed by atoms with Gasteiger partial charge in [0.05, 0.1) is 11.6 Å². The first-order valence-corrected chi connectivity index (χ1v) is 4.99. The first kappa shape index (κ1) is 11.5. The highest BCUT2D eigenvalue weighted by Gasteiger charge is 2.06. The van der Waals surface area contributed by atoms with E-state index in [2.05, 4.69) is 5.32 Å². The van der Waals surface area contributed by atoms with Gasteiger partial charge in [0.2, 0.25) is 0 Å². The normalized spacial score (nSPS) is 11.5. The van der Waals surface area contributed by atoms with Crippen LogP contribution in [0.25, 0.3) is 0 Å². The number of nitriles is 1. The van der Waals surface area contributed by atoms with Crippen LogP contribution in [0.2, 0.25) is 0 Å². The Kier molecular flexibility index (Phi) is 4.14. The lowest BCUT2D eigenvalue weighted by Gasteiger charge is -2.06. The van der Waals surface area contributed by atoms with Gasteiger partial charge in [0.1, 0.15) is 0 Å². The molecule has 1 aromatic rings. The number of hydrogen-bond donors (Lipinski definition) is 1. The molecule has 4 heteroatoms. The van der Waals surface area contributed by atoms with E-state index in [-0.39, 0.29) is 11.3 Å². The Morgan fingerprint density at radius 1 is 1.67 bits per heavy atom. The van der Waals surface area contributed by atoms with E-state index in [0.717, 1.165) is 0 Å². The number of hydrogen-bond acceptors (Lipinski definition) is 2. The first-order chi connectivity index (χ1) is 7.13. The van der Waals surface area contributed by atoms with Crippen LogP contribution in [0, 0.1) is 11.3 Å². The molecule has 0 radical (unpaired) electrons. The van der Waals surface area contributed by atoms with E-state index >= 15 is 0 Å². The zero-order valence-electron chi connectivity index (χ0n) is 8.33. The maximum Gasteiger partial charge on any atom is 0.251 e. The Balaban J connectivity index is 2.70. The molecule has 0 saturated carbocycles. The van der Waals surface area contributed by atoms with Crippen molar-refractivity contribution in [2.75, 3.05) is 6.54 Å². The molecule has 15 heavy (non-hydrogen) atoms. The molecule has 0 aliphatic rings. The predicted molar refractivity (Wildman–Crippen MR) is 58.8 cm³/mol. The number of alkyl halides is 1. The molecule has 1 N–H and O–H groups in total. The van der Waals surface area contributed by atoms with E-state index in [4.69, 9.17) is 16.9 Å². The second kappa shape index (κ2) is 5.38. The fourth-order valence-corrected chi connectivity index (χ4v) is 1.14. The molecule has 0 spiro atoms. The molecule has 3 nitrogen and oxygen atoms in total. The van der Waals surface area contributed by atoms with Gasteiger partial charge in [0.15, 0.2) is 0 Å². The zero-order valence-corrected chi connectivity index (χ0v) is 9.08. The van der Waals surface area contributed by atoms with Crippen LogP contribution in [-0.2, 0) is 0 Å². The third-order valence-electron chi connectivity index (χ3n) is 1.80. The summed E-state index contributed by atoms with van der Waals surface area (Å²) < 4.78 is 0. The zero-order chi connectivity index (χ0) is 11.3. The summed E-state index contributed by atoms with van der Waals surface area (Å²) in [5, 5.41) is 11.2. The Hall–Kier alpha value is -1.53. The van der Waals surface area contributed by atoms with Crippen molar-refractivity contribution in [3.63, 3.8) is 0 Å². The highest BCUT2D eigenvalue weighted by Crippen LogP contribution is 2.04. The van der Waals surface area contributed by atoms with Crippen molar-refractivity contribution >= 4 is 17.5 Å². The fraction of sp³-hybridized carbons (Fsp3) is 0.273. The van der Waals surface area contributed by atoms with Crippen molar-refractivity contribution in [3.05, 3.63) is 35.4 Å². The van der Waals surface area contributed by atoms with Crippen molar-refractivity contribution in [1.82, 2.24) is 5.32 Å². The molecule has 0 aliphatic heterocycles. The molecule has 0 bridgehead atoms. The van der Waals surface area contributed by atoms with Crippen molar-refractivity contribution in [2.24, 2.45) is 0 Å². The first-order valence-electron chi connectivity index (χ1n) is 4.56. The van der Waals surface area contributed by atoms with Crippen molar-refractivity contribution in [2.45, 2.75) is 12.3 Å². The molecule has 0 saturated heterocycles. The van der Waals surface area contributed by atoms with Crippen LogP contribution in [0.4, 0.5) is 0 Å². The number of halogens is 1. The van der Waals surface area contributed by atoms with Gasteiger partial charge in [-0.05, 0) is 25.1 Å². The number of benzene rings is 1. The number of rotatable bonds is 3. The number of carbonyl (C=O) groups is 1. The third-order valence-corrected chi connectivity index (χ3v) is 1.95. The highest BCUT2D eigenvalue weighted by atomic mass is 35.5. The minimum absolute atomic E-state index is 0.104. The molecule has 0 heterocycles. The molecule has 0 aromatic heterocycles. The van der Waals surface area contributed by atoms with Gasteiger partial charge in [-0.2, -0.15) is 5.26 Å². The molecule has 0 aliphatic carbocycles. The highest BCUT2D eigenvalue weighted by molar-refractivity contribution is 6.20. The Morgan fingerprint density at radius 3 is 3.00 bits per heavy atom. The minimum Gasteiger partial charge on any atom is -0.351 e. The molecule has 1 rings (SSSR count). The van der Waals surface area contributed by atoms with Crippen LogP contribution in [-0.4, -0.2) is 17.8 Å². The second-order valence-corrected chi connectivity index (χ2v) is 3.93. The fourth-order valence-electron chi connectivity index (χ4n) is 1.07. The van der Waals surface area contributed by atoms with E-state index in [0.29, 0.717) is 17.7 Å². The van der Waals surface area contributed by atoms with E-state index in [1.807, 2.05) is 6.07 Å². The SMILES string of the molecule is CC(Cl)CNC(=O)c1cccc(C#N)c1. The molecule has 1 amide bonds. The summed E-state index contributed by atoms with van der Waals surface area (Å²) in [5.74, 6) is -0.209. The molecule has 0 fully saturated rings. The summed E-state index contributed by atoms with van der Waals surface area (Å²) in [6, 6.07) is 8.52. The predicted octanol–water partition coefficient (Wildman–Crippen LogP) is 1.92. The summed E-state index contributed by atoms with van der Waals surface area (Å²) in [4.78, 5) is 11.5. The Morgan fingerprint density at radius 2 is 2.40 bits per heavy atom. The summed E-state index contributed by atoms with van der Waals surface area (Å²) >= 11 is 5.70. The quantitative estimate of drug-likeness (QED) is 0.795. The standard InChI is InChI=1S/C11H11ClN2O/c1-8(12)7-14-11(15)10-4-2-3-9(5-10)6-13/h2-5,8H,7H2,1H3,(H,14,15). The molecule has 1 aromatic carbocycles. The van der Waals surface area contributed by atoms with E-state index < -0.39 is 0 Å². The summed E-state index contributed by atoms with van der Waals surface area (Å²) in [7, 11) is 0. The molecular weight excluding hydrogens is 212 g/mol. The average Bonchev–Trinajstić information content (AvgIpc) is 2.26. The van der Waals surface area contributed by atoms with E-state index in [1.165, 1.54) is 0 Å². The number of carbonyl (C=O) groups excluding carboxylic acids is 1. The van der Waals surface area contributed by atoms with Gasteiger partial charge in [-0.3, -0.25) is 4.79 Å². The van der Waals surface area contributed by atoms with Gasteiger partial charge in [0.25, 0.3) is 5.91 Å². The summed E-state index contributed by atoms with van der Waals surface area (Å²) in [6.07, 6.45) is 0. The average molecular weight is 223 g/mol. The second-order valence-electron chi connectivity index (χ2n) is 3.18. The van der Waals surface area contributed by atoms with Crippen LogP contribution >= 0.6 is 11.6 Å². The van der Waals surface area contributed by atoms with Gasteiger partial charge in [-0.15, -0.1) is 11.6 Å². The minimum atomic E-state index is -0.209. The molecule has 1 atom stereocenters. The van der Waals surface area contributed by atoms with Gasteiger partial charge in [-0.1, -0.05) is 6.07 Å². The summed E-state index contributed by atoms with van der Waals surface area (Å²) in [6.45, 7) is 2.21. The third kappa shape index (κ3) is 3.61. The van der Waals surface area contributed by atoms with Gasteiger partial charge >= 0.3 is 0 Å². The lowest BCUT2D eigenvalue weighted by molar-refractivity contribution is 0.0954. The monoisotopic (exact) mass is 222 g/mol. The number of amides is 1. The van der Waals surface area contributed by atoms with Crippen LogP contribution in [0.3, 0.4) is 0 Å². The largest absolute Gasteiger partial charge is 0.351 e. The maximum absolute atomic E-state index is 11.5. The maximum atomic E-state index is 11.5. The topological polar surface area (TPSA) is 52.9 Å². The van der Waals surface area contributed by atoms with Gasteiger partial charge < -0.3 is 5.32 Å². The van der Waals surface area contributed by atoms with Crippen LogP contribution in [0.1, 0.15) is 22.8 Å². The Bertz CT molecular complexity index is 396. The lowest BCUT2D eigenvalue weighted by atomic mass is 10.1. The van der Waals surface area contributed by atoms with E-state index in [1.54, 1.807) is 31.2 Å². The van der Waals surface area contributed by atoms with Gasteiger partial charge in [0, 0.05) is 17.5 Å². The van der Waals surface area contributed by atoms with Crippen LogP contribution in [0.5, 0.6) is 0 Å². The van der Waals surface area contributed by atoms with Crippen molar-refractivity contribution in [3.8, 4) is 6.07 Å². The van der Waals surface area contributed by atoms with Crippen molar-refractivity contribution < 1.29 is 4.79 Å².